The van der Waals surface area contributed by atoms with Crippen LogP contribution in [0.3, 0.4) is 0 Å². The highest BCUT2D eigenvalue weighted by Crippen LogP contribution is 2.14. The fourth-order valence-electron chi connectivity index (χ4n) is 1.44. The molecule has 1 aromatic carbocycles. The lowest BCUT2D eigenvalue weighted by Crippen LogP contribution is -2.03. The Hall–Kier alpha value is -1.29. The fourth-order valence-corrected chi connectivity index (χ4v) is 1.44. The topological polar surface area (TPSA) is 43.1 Å². The molecule has 0 unspecified atom stereocenters. The molecular weight excluding hydrogens is 246 g/mol. The number of rotatable bonds is 0. The predicted octanol–water partition coefficient (Wildman–Crippen LogP) is 3.69. The highest BCUT2D eigenvalue weighted by Gasteiger charge is 2.05. The highest BCUT2D eigenvalue weighted by atomic mass is 32.1. The van der Waals surface area contributed by atoms with Crippen molar-refractivity contribution >= 4 is 23.5 Å². The number of nitrogens with zero attached hydrogens (tertiary/aromatic N) is 1. The largest absolute Gasteiger partial charge is 0.408 e. The third-order valence-electron chi connectivity index (χ3n) is 2.35. The van der Waals surface area contributed by atoms with Gasteiger partial charge in [-0.05, 0) is 43.4 Å². The minimum Gasteiger partial charge on any atom is -0.408 e. The lowest BCUT2D eigenvalue weighted by Gasteiger charge is -2.02. The first-order valence-electron chi connectivity index (χ1n) is 5.91. The molecule has 2 aromatic rings. The van der Waals surface area contributed by atoms with Crippen molar-refractivity contribution in [1.82, 2.24) is 4.98 Å². The molecule has 3 nitrogen and oxygen atoms in total. The number of hydrogen-bond donors (Lipinski definition) is 1. The van der Waals surface area contributed by atoms with Crippen LogP contribution in [0.1, 0.15) is 30.9 Å². The van der Waals surface area contributed by atoms with Gasteiger partial charge in [0.15, 0.2) is 5.89 Å². The average molecular weight is 267 g/mol. The zero-order chi connectivity index (χ0) is 14.3. The van der Waals surface area contributed by atoms with Crippen molar-refractivity contribution in [2.24, 2.45) is 0 Å². The van der Waals surface area contributed by atoms with Crippen LogP contribution in [0.25, 0.3) is 10.9 Å². The van der Waals surface area contributed by atoms with E-state index in [2.05, 4.69) is 17.6 Å². The highest BCUT2D eigenvalue weighted by molar-refractivity contribution is 7.79. The van der Waals surface area contributed by atoms with Crippen molar-refractivity contribution in [3.63, 3.8) is 0 Å². The van der Waals surface area contributed by atoms with E-state index in [1.54, 1.807) is 13.2 Å². The van der Waals surface area contributed by atoms with Crippen LogP contribution in [-0.2, 0) is 0 Å². The maximum Gasteiger partial charge on any atom is 0.346 e. The fraction of sp³-hybridized carbons (Fsp3) is 0.429. The van der Waals surface area contributed by atoms with E-state index in [0.29, 0.717) is 16.8 Å². The van der Waals surface area contributed by atoms with Crippen molar-refractivity contribution in [2.75, 3.05) is 6.26 Å². The van der Waals surface area contributed by atoms with Crippen LogP contribution in [-0.4, -0.2) is 11.2 Å². The van der Waals surface area contributed by atoms with Gasteiger partial charge in [0.2, 0.25) is 0 Å². The van der Waals surface area contributed by atoms with Crippen LogP contribution in [0.15, 0.2) is 21.3 Å². The monoisotopic (exact) mass is 267 g/mol. The van der Waals surface area contributed by atoms with Crippen LogP contribution in [0.4, 0.5) is 0 Å². The Bertz CT molecular complexity index is 561. The van der Waals surface area contributed by atoms with E-state index >= 15 is 0 Å². The van der Waals surface area contributed by atoms with E-state index < -0.39 is 0 Å². The standard InChI is InChI=1S/C11H11NO2.C2H6.CH4S/c1-6-4-9-10(5-7(6)2)12-8(3)14-11(9)13;2*1-2/h4-5H,1-3H3;1-2H3;2H,1H3. The average Bonchev–Trinajstić information content (AvgIpc) is 2.37. The summed E-state index contributed by atoms with van der Waals surface area (Å²) < 4.78 is 4.92. The molecule has 1 heterocycles. The van der Waals surface area contributed by atoms with Gasteiger partial charge in [0.1, 0.15) is 0 Å². The molecule has 0 aliphatic rings. The minimum absolute atomic E-state index is 0.310. The predicted molar refractivity (Wildman–Crippen MR) is 80.7 cm³/mol. The number of fused-ring (bicyclic) bond motifs is 1. The molecule has 4 heteroatoms. The first-order valence-corrected chi connectivity index (χ1v) is 6.81. The molecule has 0 amide bonds. The molecule has 0 spiro atoms. The van der Waals surface area contributed by atoms with E-state index in [1.165, 1.54) is 0 Å². The van der Waals surface area contributed by atoms with Gasteiger partial charge in [0.25, 0.3) is 0 Å². The van der Waals surface area contributed by atoms with Crippen LogP contribution in [0.2, 0.25) is 0 Å². The smallest absolute Gasteiger partial charge is 0.346 e. The van der Waals surface area contributed by atoms with Crippen LogP contribution >= 0.6 is 12.6 Å². The number of benzene rings is 1. The second kappa shape index (κ2) is 7.93. The third kappa shape index (κ3) is 3.88. The molecule has 0 N–H and O–H groups in total. The van der Waals surface area contributed by atoms with Crippen LogP contribution in [0.5, 0.6) is 0 Å². The minimum atomic E-state index is -0.310. The quantitative estimate of drug-likeness (QED) is 0.740. The van der Waals surface area contributed by atoms with Crippen molar-refractivity contribution in [1.29, 1.82) is 0 Å². The van der Waals surface area contributed by atoms with Crippen molar-refractivity contribution < 1.29 is 4.42 Å². The summed E-state index contributed by atoms with van der Waals surface area (Å²) in [5.74, 6) is 0.408. The lowest BCUT2D eigenvalue weighted by atomic mass is 10.1. The summed E-state index contributed by atoms with van der Waals surface area (Å²) in [4.78, 5) is 15.6. The molecule has 0 saturated carbocycles. The van der Waals surface area contributed by atoms with E-state index in [-0.39, 0.29) is 5.63 Å². The van der Waals surface area contributed by atoms with Gasteiger partial charge in [-0.2, -0.15) is 12.6 Å². The van der Waals surface area contributed by atoms with E-state index in [9.17, 15) is 4.79 Å². The zero-order valence-electron chi connectivity index (χ0n) is 11.9. The number of aryl methyl sites for hydroxylation is 3. The molecule has 0 radical (unpaired) electrons. The number of aromatic nitrogens is 1. The Morgan fingerprint density at radius 2 is 1.56 bits per heavy atom. The first kappa shape index (κ1) is 16.7. The van der Waals surface area contributed by atoms with Crippen molar-refractivity contribution in [3.05, 3.63) is 39.6 Å². The van der Waals surface area contributed by atoms with Gasteiger partial charge in [-0.3, -0.25) is 0 Å². The molecule has 0 aliphatic carbocycles. The van der Waals surface area contributed by atoms with Gasteiger partial charge in [-0.1, -0.05) is 13.8 Å². The maximum atomic E-state index is 11.5. The summed E-state index contributed by atoms with van der Waals surface area (Å²) in [5, 5.41) is 0.554. The Labute approximate surface area is 114 Å². The van der Waals surface area contributed by atoms with E-state index in [1.807, 2.05) is 39.8 Å². The van der Waals surface area contributed by atoms with Crippen LogP contribution in [0, 0.1) is 20.8 Å². The molecule has 18 heavy (non-hydrogen) atoms. The van der Waals surface area contributed by atoms with Crippen molar-refractivity contribution in [3.8, 4) is 0 Å². The molecule has 2 rings (SSSR count). The molecule has 0 bridgehead atoms. The Morgan fingerprint density at radius 1 is 1.06 bits per heavy atom. The van der Waals surface area contributed by atoms with E-state index in [0.717, 1.165) is 11.1 Å². The molecule has 0 fully saturated rings. The van der Waals surface area contributed by atoms with E-state index in [4.69, 9.17) is 4.42 Å². The Morgan fingerprint density at radius 3 is 2.11 bits per heavy atom. The SMILES string of the molecule is CC.CS.Cc1nc2cc(C)c(C)cc2c(=O)o1. The second-order valence-corrected chi connectivity index (χ2v) is 3.47. The second-order valence-electron chi connectivity index (χ2n) is 3.47. The molecule has 0 aliphatic heterocycles. The summed E-state index contributed by atoms with van der Waals surface area (Å²) in [7, 11) is 0. The van der Waals surface area contributed by atoms with Gasteiger partial charge in [0, 0.05) is 6.92 Å². The van der Waals surface area contributed by atoms with Gasteiger partial charge in [-0.15, -0.1) is 0 Å². The number of thiol groups is 1. The van der Waals surface area contributed by atoms with Gasteiger partial charge in [0.05, 0.1) is 10.9 Å². The number of hydrogen-bond acceptors (Lipinski definition) is 4. The normalized spacial score (nSPS) is 9.06. The summed E-state index contributed by atoms with van der Waals surface area (Å²) in [5.41, 5.74) is 2.61. The van der Waals surface area contributed by atoms with Gasteiger partial charge in [-0.25, -0.2) is 9.78 Å². The first-order chi connectivity index (χ1) is 8.58. The summed E-state index contributed by atoms with van der Waals surface area (Å²) in [6, 6.07) is 3.73. The van der Waals surface area contributed by atoms with Crippen LogP contribution < -0.4 is 5.63 Å². The summed E-state index contributed by atoms with van der Waals surface area (Å²) in [6.07, 6.45) is 1.69. The molecule has 100 valence electrons. The molecule has 0 atom stereocenters. The maximum absolute atomic E-state index is 11.5. The van der Waals surface area contributed by atoms with Gasteiger partial charge < -0.3 is 4.42 Å². The lowest BCUT2D eigenvalue weighted by molar-refractivity contribution is 0.467. The summed E-state index contributed by atoms with van der Waals surface area (Å²) >= 11 is 3.53. The molecule has 0 saturated heterocycles. The molecule has 1 aromatic heterocycles. The molecular formula is C14H21NO2S. The van der Waals surface area contributed by atoms with Crippen molar-refractivity contribution in [2.45, 2.75) is 34.6 Å². The Balaban J connectivity index is 0.000000659. The third-order valence-corrected chi connectivity index (χ3v) is 2.35. The Kier molecular flexibility index (Phi) is 7.36. The zero-order valence-corrected chi connectivity index (χ0v) is 12.8. The van der Waals surface area contributed by atoms with Gasteiger partial charge >= 0.3 is 5.63 Å². The summed E-state index contributed by atoms with van der Waals surface area (Å²) in [6.45, 7) is 9.64.